The van der Waals surface area contributed by atoms with E-state index in [-0.39, 0.29) is 5.78 Å². The van der Waals surface area contributed by atoms with Gasteiger partial charge in [-0.25, -0.2) is 0 Å². The zero-order valence-corrected chi connectivity index (χ0v) is 13.0. The van der Waals surface area contributed by atoms with Crippen molar-refractivity contribution in [2.24, 2.45) is 0 Å². The van der Waals surface area contributed by atoms with E-state index in [1.165, 1.54) is 10.4 Å². The van der Waals surface area contributed by atoms with Crippen LogP contribution in [0.3, 0.4) is 0 Å². The van der Waals surface area contributed by atoms with Gasteiger partial charge < -0.3 is 5.73 Å². The molecule has 3 rings (SSSR count). The van der Waals surface area contributed by atoms with E-state index in [2.05, 4.69) is 15.9 Å². The molecule has 98 valence electrons. The summed E-state index contributed by atoms with van der Waals surface area (Å²) < 4.78 is 0.842. The summed E-state index contributed by atoms with van der Waals surface area (Å²) >= 11 is 5.06. The quantitative estimate of drug-likeness (QED) is 0.839. The minimum Gasteiger partial charge on any atom is -0.390 e. The molecule has 0 fully saturated rings. The Morgan fingerprint density at radius 3 is 2.89 bits per heavy atom. The predicted octanol–water partition coefficient (Wildman–Crippen LogP) is 4.12. The molecule has 2 aromatic rings. The lowest BCUT2D eigenvalue weighted by atomic mass is 9.99. The van der Waals surface area contributed by atoms with Gasteiger partial charge in [-0.05, 0) is 49.4 Å². The average molecular weight is 336 g/mol. The molecule has 0 radical (unpaired) electrons. The van der Waals surface area contributed by atoms with Crippen LogP contribution in [0.1, 0.15) is 38.3 Å². The molecule has 1 heterocycles. The third-order valence-electron chi connectivity index (χ3n) is 3.54. The zero-order valence-electron chi connectivity index (χ0n) is 10.6. The maximum atomic E-state index is 12.7. The number of thiophene rings is 1. The van der Waals surface area contributed by atoms with Gasteiger partial charge >= 0.3 is 0 Å². The van der Waals surface area contributed by atoms with Gasteiger partial charge in [-0.2, -0.15) is 0 Å². The molecule has 0 amide bonds. The number of benzene rings is 1. The maximum Gasteiger partial charge on any atom is 0.197 e. The standard InChI is InChI=1S/C15H14BrNOS/c1-8-5-6-9(11(16)7-8)14(18)13-10-3-2-4-12(10)19-15(13)17/h5-7H,2-4,17H2,1H3. The van der Waals surface area contributed by atoms with Crippen LogP contribution in [0.2, 0.25) is 0 Å². The van der Waals surface area contributed by atoms with Gasteiger partial charge in [0.15, 0.2) is 5.78 Å². The average Bonchev–Trinajstić information content (AvgIpc) is 2.87. The fraction of sp³-hybridized carbons (Fsp3) is 0.267. The molecule has 4 heteroatoms. The van der Waals surface area contributed by atoms with E-state index in [0.717, 1.165) is 34.9 Å². The number of nitrogens with two attached hydrogens (primary N) is 1. The van der Waals surface area contributed by atoms with Crippen LogP contribution in [-0.4, -0.2) is 5.78 Å². The van der Waals surface area contributed by atoms with Crippen molar-refractivity contribution in [3.8, 4) is 0 Å². The molecule has 1 aliphatic carbocycles. The van der Waals surface area contributed by atoms with Crippen LogP contribution in [0.4, 0.5) is 5.00 Å². The SMILES string of the molecule is Cc1ccc(C(=O)c2c(N)sc3c2CCC3)c(Br)c1. The molecule has 2 N–H and O–H groups in total. The van der Waals surface area contributed by atoms with Crippen molar-refractivity contribution in [3.63, 3.8) is 0 Å². The van der Waals surface area contributed by atoms with Crippen molar-refractivity contribution in [1.29, 1.82) is 0 Å². The van der Waals surface area contributed by atoms with E-state index in [0.29, 0.717) is 10.6 Å². The number of hydrogen-bond acceptors (Lipinski definition) is 3. The largest absolute Gasteiger partial charge is 0.390 e. The van der Waals surface area contributed by atoms with Crippen molar-refractivity contribution < 1.29 is 4.79 Å². The monoisotopic (exact) mass is 335 g/mol. The Morgan fingerprint density at radius 1 is 1.37 bits per heavy atom. The number of fused-ring (bicyclic) bond motifs is 1. The van der Waals surface area contributed by atoms with Crippen LogP contribution in [0.15, 0.2) is 22.7 Å². The second-order valence-corrected chi connectivity index (χ2v) is 6.90. The third kappa shape index (κ3) is 2.13. The zero-order chi connectivity index (χ0) is 13.6. The van der Waals surface area contributed by atoms with Crippen molar-refractivity contribution >= 4 is 38.1 Å². The Morgan fingerprint density at radius 2 is 2.16 bits per heavy atom. The molecule has 0 spiro atoms. The summed E-state index contributed by atoms with van der Waals surface area (Å²) in [4.78, 5) is 14.0. The fourth-order valence-corrected chi connectivity index (χ4v) is 4.44. The summed E-state index contributed by atoms with van der Waals surface area (Å²) in [7, 11) is 0. The second-order valence-electron chi connectivity index (χ2n) is 4.91. The van der Waals surface area contributed by atoms with Crippen LogP contribution < -0.4 is 5.73 Å². The fourth-order valence-electron chi connectivity index (χ4n) is 2.61. The molecule has 0 atom stereocenters. The number of carbonyl (C=O) groups is 1. The smallest absolute Gasteiger partial charge is 0.197 e. The first kappa shape index (κ1) is 12.9. The second kappa shape index (κ2) is 4.76. The number of hydrogen-bond donors (Lipinski definition) is 1. The first-order valence-corrected chi connectivity index (χ1v) is 7.89. The molecule has 1 aromatic heterocycles. The number of aryl methyl sites for hydroxylation is 2. The summed E-state index contributed by atoms with van der Waals surface area (Å²) in [5.74, 6) is 0.0452. The number of ketones is 1. The Labute approximate surface area is 124 Å². The Hall–Kier alpha value is -1.13. The summed E-state index contributed by atoms with van der Waals surface area (Å²) in [6.45, 7) is 2.01. The molecule has 0 saturated heterocycles. The minimum atomic E-state index is 0.0452. The highest BCUT2D eigenvalue weighted by atomic mass is 79.9. The molecular formula is C15H14BrNOS. The first-order chi connectivity index (χ1) is 9.08. The highest BCUT2D eigenvalue weighted by Crippen LogP contribution is 2.39. The van der Waals surface area contributed by atoms with Crippen molar-refractivity contribution in [2.45, 2.75) is 26.2 Å². The highest BCUT2D eigenvalue weighted by molar-refractivity contribution is 9.10. The van der Waals surface area contributed by atoms with Gasteiger partial charge in [0, 0.05) is 14.9 Å². The molecule has 19 heavy (non-hydrogen) atoms. The van der Waals surface area contributed by atoms with Crippen LogP contribution in [0.25, 0.3) is 0 Å². The lowest BCUT2D eigenvalue weighted by Gasteiger charge is -2.06. The van der Waals surface area contributed by atoms with E-state index in [4.69, 9.17) is 5.73 Å². The highest BCUT2D eigenvalue weighted by Gasteiger charge is 2.26. The summed E-state index contributed by atoms with van der Waals surface area (Å²) in [6, 6.07) is 5.80. The van der Waals surface area contributed by atoms with Crippen molar-refractivity contribution in [1.82, 2.24) is 0 Å². The number of rotatable bonds is 2. The molecule has 0 saturated carbocycles. The number of halogens is 1. The normalized spacial score (nSPS) is 13.6. The van der Waals surface area contributed by atoms with Crippen molar-refractivity contribution in [2.75, 3.05) is 5.73 Å². The molecule has 0 bridgehead atoms. The predicted molar refractivity (Wildman–Crippen MR) is 83.1 cm³/mol. The lowest BCUT2D eigenvalue weighted by molar-refractivity contribution is 0.103. The van der Waals surface area contributed by atoms with Gasteiger partial charge in [0.25, 0.3) is 0 Å². The molecule has 0 unspecified atom stereocenters. The molecular weight excluding hydrogens is 322 g/mol. The van der Waals surface area contributed by atoms with Gasteiger partial charge in [0.2, 0.25) is 0 Å². The van der Waals surface area contributed by atoms with E-state index in [1.807, 2.05) is 25.1 Å². The topological polar surface area (TPSA) is 43.1 Å². The molecule has 2 nitrogen and oxygen atoms in total. The van der Waals surface area contributed by atoms with Crippen LogP contribution in [0.5, 0.6) is 0 Å². The van der Waals surface area contributed by atoms with Crippen molar-refractivity contribution in [3.05, 3.63) is 49.8 Å². The Bertz CT molecular complexity index is 675. The Balaban J connectivity index is 2.10. The first-order valence-electron chi connectivity index (χ1n) is 6.29. The summed E-state index contributed by atoms with van der Waals surface area (Å²) in [6.07, 6.45) is 3.18. The van der Waals surface area contributed by atoms with E-state index >= 15 is 0 Å². The van der Waals surface area contributed by atoms with Gasteiger partial charge in [-0.3, -0.25) is 4.79 Å². The van der Waals surface area contributed by atoms with Crippen LogP contribution >= 0.6 is 27.3 Å². The van der Waals surface area contributed by atoms with E-state index < -0.39 is 0 Å². The third-order valence-corrected chi connectivity index (χ3v) is 5.32. The minimum absolute atomic E-state index is 0.0452. The number of anilines is 1. The van der Waals surface area contributed by atoms with E-state index in [1.54, 1.807) is 11.3 Å². The number of carbonyl (C=O) groups excluding carboxylic acids is 1. The Kier molecular flexibility index (Phi) is 3.23. The van der Waals surface area contributed by atoms with Crippen LogP contribution in [0, 0.1) is 6.92 Å². The summed E-state index contributed by atoms with van der Waals surface area (Å²) in [5, 5.41) is 0.669. The molecule has 1 aliphatic rings. The van der Waals surface area contributed by atoms with Gasteiger partial charge in [-0.15, -0.1) is 11.3 Å². The maximum absolute atomic E-state index is 12.7. The molecule has 1 aromatic carbocycles. The molecule has 0 aliphatic heterocycles. The summed E-state index contributed by atoms with van der Waals surface area (Å²) in [5.41, 5.74) is 9.80. The number of nitrogen functional groups attached to an aromatic ring is 1. The van der Waals surface area contributed by atoms with E-state index in [9.17, 15) is 4.79 Å². The lowest BCUT2D eigenvalue weighted by Crippen LogP contribution is -2.06. The van der Waals surface area contributed by atoms with Gasteiger partial charge in [-0.1, -0.05) is 22.0 Å². The van der Waals surface area contributed by atoms with Gasteiger partial charge in [0.05, 0.1) is 10.6 Å². The van der Waals surface area contributed by atoms with Gasteiger partial charge in [0.1, 0.15) is 0 Å². The van der Waals surface area contributed by atoms with Crippen LogP contribution in [-0.2, 0) is 12.8 Å².